The molecule has 1 unspecified atom stereocenters. The van der Waals surface area contributed by atoms with E-state index in [1.807, 2.05) is 0 Å². The van der Waals surface area contributed by atoms with E-state index in [9.17, 15) is 18.3 Å². The molecule has 1 rings (SSSR count). The van der Waals surface area contributed by atoms with Gasteiger partial charge in [0.05, 0.1) is 11.7 Å². The van der Waals surface area contributed by atoms with Crippen LogP contribution in [0.1, 0.15) is 23.7 Å². The predicted octanol–water partition coefficient (Wildman–Crippen LogP) is 1.93. The van der Waals surface area contributed by atoms with E-state index in [4.69, 9.17) is 5.73 Å². The molecular formula is C11H15F3N2O. The molecule has 0 aliphatic rings. The lowest BCUT2D eigenvalue weighted by molar-refractivity contribution is -0.137. The van der Waals surface area contributed by atoms with E-state index < -0.39 is 17.8 Å². The smallest absolute Gasteiger partial charge is 0.398 e. The van der Waals surface area contributed by atoms with Crippen LogP contribution in [0.15, 0.2) is 18.2 Å². The van der Waals surface area contributed by atoms with Gasteiger partial charge in [-0.1, -0.05) is 6.07 Å². The maximum atomic E-state index is 12.4. The van der Waals surface area contributed by atoms with Crippen molar-refractivity contribution in [3.63, 3.8) is 0 Å². The summed E-state index contributed by atoms with van der Waals surface area (Å²) in [4.78, 5) is 0. The fraction of sp³-hybridized carbons (Fsp3) is 0.455. The van der Waals surface area contributed by atoms with Gasteiger partial charge in [-0.3, -0.25) is 0 Å². The third-order valence-electron chi connectivity index (χ3n) is 2.44. The van der Waals surface area contributed by atoms with E-state index in [0.29, 0.717) is 18.5 Å². The van der Waals surface area contributed by atoms with Gasteiger partial charge in [-0.05, 0) is 32.1 Å². The Hall–Kier alpha value is -1.27. The van der Waals surface area contributed by atoms with Gasteiger partial charge in [0, 0.05) is 11.3 Å². The largest absolute Gasteiger partial charge is 0.416 e. The summed E-state index contributed by atoms with van der Waals surface area (Å²) in [6.07, 6.45) is -4.88. The average Bonchev–Trinajstić information content (AvgIpc) is 2.24. The summed E-state index contributed by atoms with van der Waals surface area (Å²) in [6, 6.07) is 2.99. The fourth-order valence-electron chi connectivity index (χ4n) is 1.49. The van der Waals surface area contributed by atoms with Crippen molar-refractivity contribution in [2.24, 2.45) is 0 Å². The lowest BCUT2D eigenvalue weighted by Crippen LogP contribution is -2.13. The van der Waals surface area contributed by atoms with Crippen molar-refractivity contribution in [3.8, 4) is 0 Å². The topological polar surface area (TPSA) is 58.3 Å². The van der Waals surface area contributed by atoms with Crippen LogP contribution >= 0.6 is 0 Å². The summed E-state index contributed by atoms with van der Waals surface area (Å²) in [7, 11) is 1.73. The van der Waals surface area contributed by atoms with Crippen LogP contribution in [0.4, 0.5) is 18.9 Å². The molecule has 0 fully saturated rings. The van der Waals surface area contributed by atoms with Crippen LogP contribution in [0, 0.1) is 0 Å². The van der Waals surface area contributed by atoms with Crippen LogP contribution in [0.3, 0.4) is 0 Å². The second kappa shape index (κ2) is 5.37. The van der Waals surface area contributed by atoms with Crippen molar-refractivity contribution in [2.75, 3.05) is 19.3 Å². The highest BCUT2D eigenvalue weighted by Crippen LogP contribution is 2.33. The standard InChI is InChI=1S/C11H15F3N2O/c1-16-5-4-10(17)8-3-2-7(6-9(8)15)11(12,13)14/h2-3,6,10,16-17H,4-5,15H2,1H3. The number of aliphatic hydroxyl groups excluding tert-OH is 1. The first-order valence-corrected chi connectivity index (χ1v) is 5.15. The molecule has 0 saturated heterocycles. The van der Waals surface area contributed by atoms with Gasteiger partial charge in [0.15, 0.2) is 0 Å². The maximum Gasteiger partial charge on any atom is 0.416 e. The summed E-state index contributed by atoms with van der Waals surface area (Å²) in [5.74, 6) is 0. The molecule has 0 saturated carbocycles. The Balaban J connectivity index is 2.90. The minimum atomic E-state index is -4.41. The molecule has 0 heterocycles. The highest BCUT2D eigenvalue weighted by atomic mass is 19.4. The second-order valence-electron chi connectivity index (χ2n) is 3.75. The molecule has 3 nitrogen and oxygen atoms in total. The van der Waals surface area contributed by atoms with Crippen molar-refractivity contribution in [1.29, 1.82) is 0 Å². The van der Waals surface area contributed by atoms with E-state index >= 15 is 0 Å². The van der Waals surface area contributed by atoms with Crippen molar-refractivity contribution >= 4 is 5.69 Å². The summed E-state index contributed by atoms with van der Waals surface area (Å²) >= 11 is 0. The summed E-state index contributed by atoms with van der Waals surface area (Å²) in [6.45, 7) is 0.557. The third kappa shape index (κ3) is 3.61. The minimum absolute atomic E-state index is 0.0385. The number of anilines is 1. The van der Waals surface area contributed by atoms with Gasteiger partial charge in [0.2, 0.25) is 0 Å². The molecule has 96 valence electrons. The van der Waals surface area contributed by atoms with Crippen molar-refractivity contribution in [2.45, 2.75) is 18.7 Å². The van der Waals surface area contributed by atoms with Crippen LogP contribution in [0.2, 0.25) is 0 Å². The Labute approximate surface area is 97.4 Å². The van der Waals surface area contributed by atoms with Gasteiger partial charge in [0.25, 0.3) is 0 Å². The number of nitrogens with two attached hydrogens (primary N) is 1. The van der Waals surface area contributed by atoms with Crippen molar-refractivity contribution < 1.29 is 18.3 Å². The Kier molecular flexibility index (Phi) is 4.36. The molecule has 0 spiro atoms. The molecule has 0 radical (unpaired) electrons. The van der Waals surface area contributed by atoms with Gasteiger partial charge in [0.1, 0.15) is 0 Å². The van der Waals surface area contributed by atoms with Crippen molar-refractivity contribution in [3.05, 3.63) is 29.3 Å². The quantitative estimate of drug-likeness (QED) is 0.713. The molecule has 0 aromatic heterocycles. The zero-order valence-corrected chi connectivity index (χ0v) is 9.38. The number of aliphatic hydroxyl groups is 1. The highest BCUT2D eigenvalue weighted by Gasteiger charge is 2.31. The summed E-state index contributed by atoms with van der Waals surface area (Å²) in [5, 5.41) is 12.6. The number of hydrogen-bond donors (Lipinski definition) is 3. The predicted molar refractivity (Wildman–Crippen MR) is 59.4 cm³/mol. The molecular weight excluding hydrogens is 233 g/mol. The third-order valence-corrected chi connectivity index (χ3v) is 2.44. The molecule has 0 amide bonds. The molecule has 1 aromatic carbocycles. The van der Waals surface area contributed by atoms with Crippen LogP contribution < -0.4 is 11.1 Å². The zero-order chi connectivity index (χ0) is 13.1. The molecule has 1 atom stereocenters. The van der Waals surface area contributed by atoms with Gasteiger partial charge in [-0.15, -0.1) is 0 Å². The SMILES string of the molecule is CNCCC(O)c1ccc(C(F)(F)F)cc1N. The number of nitrogens with one attached hydrogen (secondary N) is 1. The van der Waals surface area contributed by atoms with Crippen LogP contribution in [-0.2, 0) is 6.18 Å². The second-order valence-corrected chi connectivity index (χ2v) is 3.75. The Morgan fingerprint density at radius 3 is 2.53 bits per heavy atom. The van der Waals surface area contributed by atoms with E-state index in [0.717, 1.165) is 12.1 Å². The number of rotatable bonds is 4. The van der Waals surface area contributed by atoms with Crippen molar-refractivity contribution in [1.82, 2.24) is 5.32 Å². The lowest BCUT2D eigenvalue weighted by Gasteiger charge is -2.15. The van der Waals surface area contributed by atoms with Gasteiger partial charge >= 0.3 is 6.18 Å². The Morgan fingerprint density at radius 1 is 1.41 bits per heavy atom. The molecule has 1 aromatic rings. The molecule has 17 heavy (non-hydrogen) atoms. The number of alkyl halides is 3. The number of hydrogen-bond acceptors (Lipinski definition) is 3. The maximum absolute atomic E-state index is 12.4. The number of halogens is 3. The van der Waals surface area contributed by atoms with Crippen LogP contribution in [-0.4, -0.2) is 18.7 Å². The minimum Gasteiger partial charge on any atom is -0.398 e. The van der Waals surface area contributed by atoms with E-state index in [1.165, 1.54) is 6.07 Å². The molecule has 4 N–H and O–H groups in total. The summed E-state index contributed by atoms with van der Waals surface area (Å²) in [5.41, 5.74) is 4.99. The highest BCUT2D eigenvalue weighted by molar-refractivity contribution is 5.51. The lowest BCUT2D eigenvalue weighted by atomic mass is 10.0. The van der Waals surface area contributed by atoms with E-state index in [1.54, 1.807) is 7.05 Å². The van der Waals surface area contributed by atoms with Gasteiger partial charge in [-0.25, -0.2) is 0 Å². The van der Waals surface area contributed by atoms with Gasteiger partial charge < -0.3 is 16.2 Å². The monoisotopic (exact) mass is 248 g/mol. The van der Waals surface area contributed by atoms with E-state index in [-0.39, 0.29) is 5.69 Å². The number of nitrogen functional groups attached to an aromatic ring is 1. The fourth-order valence-corrected chi connectivity index (χ4v) is 1.49. The first kappa shape index (κ1) is 13.8. The first-order valence-electron chi connectivity index (χ1n) is 5.15. The van der Waals surface area contributed by atoms with E-state index in [2.05, 4.69) is 5.32 Å². The normalized spacial score (nSPS) is 13.7. The Bertz CT molecular complexity index is 379. The average molecular weight is 248 g/mol. The molecule has 6 heteroatoms. The number of benzene rings is 1. The van der Waals surface area contributed by atoms with Gasteiger partial charge in [-0.2, -0.15) is 13.2 Å². The molecule has 0 aliphatic heterocycles. The van der Waals surface area contributed by atoms with Crippen LogP contribution in [0.25, 0.3) is 0 Å². The molecule has 0 bridgehead atoms. The van der Waals surface area contributed by atoms with Crippen LogP contribution in [0.5, 0.6) is 0 Å². The summed E-state index contributed by atoms with van der Waals surface area (Å²) < 4.78 is 37.1. The zero-order valence-electron chi connectivity index (χ0n) is 9.38. The molecule has 0 aliphatic carbocycles. The Morgan fingerprint density at radius 2 is 2.06 bits per heavy atom. The first-order chi connectivity index (χ1) is 7.86.